The van der Waals surface area contributed by atoms with Gasteiger partial charge in [-0.1, -0.05) is 11.6 Å². The maximum atomic E-state index is 6.04. The predicted octanol–water partition coefficient (Wildman–Crippen LogP) is 4.74. The fraction of sp³-hybridized carbons (Fsp3) is 0.471. The summed E-state index contributed by atoms with van der Waals surface area (Å²) in [5.74, 6) is 2.85. The molecule has 0 amide bonds. The molecule has 3 heteroatoms. The predicted molar refractivity (Wildman–Crippen MR) is 84.2 cm³/mol. The number of benzene rings is 1. The first-order chi connectivity index (χ1) is 9.81. The van der Waals surface area contributed by atoms with E-state index < -0.39 is 0 Å². The van der Waals surface area contributed by atoms with Crippen LogP contribution < -0.4 is 5.32 Å². The lowest BCUT2D eigenvalue weighted by Crippen LogP contribution is -2.18. The minimum atomic E-state index is 0.746. The second-order valence-corrected chi connectivity index (χ2v) is 6.68. The first-order valence-corrected chi connectivity index (χ1v) is 7.97. The van der Waals surface area contributed by atoms with Gasteiger partial charge in [-0.05, 0) is 67.7 Å². The van der Waals surface area contributed by atoms with Crippen LogP contribution in [-0.2, 0) is 0 Å². The van der Waals surface area contributed by atoms with Crippen LogP contribution in [0, 0.1) is 17.8 Å². The molecule has 0 radical (unpaired) electrons. The molecule has 0 aliphatic heterocycles. The summed E-state index contributed by atoms with van der Waals surface area (Å²) >= 11 is 6.04. The molecule has 2 aliphatic rings. The van der Waals surface area contributed by atoms with Crippen molar-refractivity contribution in [3.8, 4) is 0 Å². The SMILES string of the molecule is Clc1ccc2c(NCC(C3CC3)C3CC3)ccnc2c1. The molecule has 0 spiro atoms. The summed E-state index contributed by atoms with van der Waals surface area (Å²) in [6.45, 7) is 1.11. The Morgan fingerprint density at radius 1 is 1.15 bits per heavy atom. The lowest BCUT2D eigenvalue weighted by Gasteiger charge is -2.18. The molecule has 1 aromatic carbocycles. The summed E-state index contributed by atoms with van der Waals surface area (Å²) in [4.78, 5) is 4.40. The fourth-order valence-corrected chi connectivity index (χ4v) is 3.44. The monoisotopic (exact) mass is 286 g/mol. The van der Waals surface area contributed by atoms with E-state index in [2.05, 4.69) is 22.4 Å². The van der Waals surface area contributed by atoms with Crippen LogP contribution >= 0.6 is 11.6 Å². The number of fused-ring (bicyclic) bond motifs is 1. The molecule has 2 aliphatic carbocycles. The lowest BCUT2D eigenvalue weighted by atomic mass is 9.98. The standard InChI is InChI=1S/C17H19ClN2/c18-13-5-6-14-16(7-8-19-17(14)9-13)20-10-15(11-1-2-11)12-3-4-12/h5-9,11-12,15H,1-4,10H2,(H,19,20). The number of hydrogen-bond donors (Lipinski definition) is 1. The molecule has 4 rings (SSSR count). The minimum Gasteiger partial charge on any atom is -0.384 e. The number of rotatable bonds is 5. The van der Waals surface area contributed by atoms with Gasteiger partial charge in [0.1, 0.15) is 0 Å². The van der Waals surface area contributed by atoms with E-state index in [4.69, 9.17) is 11.6 Å². The molecule has 2 fully saturated rings. The number of aromatic nitrogens is 1. The summed E-state index contributed by atoms with van der Waals surface area (Å²) in [6, 6.07) is 8.01. The van der Waals surface area contributed by atoms with Crippen LogP contribution in [0.1, 0.15) is 25.7 Å². The summed E-state index contributed by atoms with van der Waals surface area (Å²) in [5, 5.41) is 5.58. The quantitative estimate of drug-likeness (QED) is 0.859. The van der Waals surface area contributed by atoms with Crippen LogP contribution in [-0.4, -0.2) is 11.5 Å². The zero-order chi connectivity index (χ0) is 13.5. The molecule has 1 heterocycles. The fourth-order valence-electron chi connectivity index (χ4n) is 3.27. The maximum Gasteiger partial charge on any atom is 0.0737 e. The van der Waals surface area contributed by atoms with Crippen molar-refractivity contribution in [1.82, 2.24) is 4.98 Å². The van der Waals surface area contributed by atoms with Gasteiger partial charge in [0.05, 0.1) is 5.52 Å². The third-order valence-corrected chi connectivity index (χ3v) is 4.92. The largest absolute Gasteiger partial charge is 0.384 e. The zero-order valence-corrected chi connectivity index (χ0v) is 12.2. The Morgan fingerprint density at radius 3 is 2.60 bits per heavy atom. The molecular formula is C17H19ClN2. The summed E-state index contributed by atoms with van der Waals surface area (Å²) in [6.07, 6.45) is 7.63. The molecule has 2 aromatic rings. The van der Waals surface area contributed by atoms with Crippen LogP contribution in [0.15, 0.2) is 30.5 Å². The average Bonchev–Trinajstić information content (AvgIpc) is 3.32. The van der Waals surface area contributed by atoms with E-state index in [1.807, 2.05) is 18.3 Å². The Hall–Kier alpha value is -1.28. The van der Waals surface area contributed by atoms with Gasteiger partial charge in [-0.25, -0.2) is 0 Å². The highest BCUT2D eigenvalue weighted by Gasteiger charge is 2.40. The number of hydrogen-bond acceptors (Lipinski definition) is 2. The van der Waals surface area contributed by atoms with Crippen molar-refractivity contribution in [2.45, 2.75) is 25.7 Å². The number of nitrogens with zero attached hydrogens (tertiary/aromatic N) is 1. The van der Waals surface area contributed by atoms with Crippen LogP contribution in [0.2, 0.25) is 5.02 Å². The maximum absolute atomic E-state index is 6.04. The van der Waals surface area contributed by atoms with Gasteiger partial charge in [0, 0.05) is 28.8 Å². The van der Waals surface area contributed by atoms with Crippen LogP contribution in [0.4, 0.5) is 5.69 Å². The minimum absolute atomic E-state index is 0.746. The molecule has 2 nitrogen and oxygen atoms in total. The summed E-state index contributed by atoms with van der Waals surface area (Å²) in [5.41, 5.74) is 2.16. The van der Waals surface area contributed by atoms with E-state index in [9.17, 15) is 0 Å². The summed E-state index contributed by atoms with van der Waals surface area (Å²) < 4.78 is 0. The lowest BCUT2D eigenvalue weighted by molar-refractivity contribution is 0.428. The second kappa shape index (κ2) is 4.92. The highest BCUT2D eigenvalue weighted by atomic mass is 35.5. The second-order valence-electron chi connectivity index (χ2n) is 6.24. The molecule has 1 N–H and O–H groups in total. The molecule has 2 saturated carbocycles. The topological polar surface area (TPSA) is 24.9 Å². The molecule has 0 unspecified atom stereocenters. The molecule has 0 saturated heterocycles. The van der Waals surface area contributed by atoms with Crippen molar-refractivity contribution in [3.63, 3.8) is 0 Å². The van der Waals surface area contributed by atoms with Gasteiger partial charge in [0.2, 0.25) is 0 Å². The molecule has 20 heavy (non-hydrogen) atoms. The van der Waals surface area contributed by atoms with Gasteiger partial charge in [-0.3, -0.25) is 4.98 Å². The molecule has 0 bridgehead atoms. The van der Waals surface area contributed by atoms with Crippen molar-refractivity contribution in [2.24, 2.45) is 17.8 Å². The first-order valence-electron chi connectivity index (χ1n) is 7.59. The molecular weight excluding hydrogens is 268 g/mol. The Kier molecular flexibility index (Phi) is 3.07. The van der Waals surface area contributed by atoms with Gasteiger partial charge in [0.25, 0.3) is 0 Å². The number of pyridine rings is 1. The van der Waals surface area contributed by atoms with Crippen molar-refractivity contribution in [3.05, 3.63) is 35.5 Å². The van der Waals surface area contributed by atoms with Crippen molar-refractivity contribution >= 4 is 28.2 Å². The molecule has 1 aromatic heterocycles. The Morgan fingerprint density at radius 2 is 1.90 bits per heavy atom. The number of anilines is 1. The summed E-state index contributed by atoms with van der Waals surface area (Å²) in [7, 11) is 0. The number of nitrogens with one attached hydrogen (secondary N) is 1. The highest BCUT2D eigenvalue weighted by molar-refractivity contribution is 6.31. The number of halogens is 1. The smallest absolute Gasteiger partial charge is 0.0737 e. The zero-order valence-electron chi connectivity index (χ0n) is 11.5. The highest BCUT2D eigenvalue weighted by Crippen LogP contribution is 2.49. The van der Waals surface area contributed by atoms with Gasteiger partial charge in [-0.15, -0.1) is 0 Å². The Bertz CT molecular complexity index is 620. The van der Waals surface area contributed by atoms with E-state index in [-0.39, 0.29) is 0 Å². The molecule has 104 valence electrons. The average molecular weight is 287 g/mol. The van der Waals surface area contributed by atoms with E-state index in [1.54, 1.807) is 0 Å². The van der Waals surface area contributed by atoms with E-state index >= 15 is 0 Å². The molecule has 0 atom stereocenters. The normalized spacial score (nSPS) is 18.7. The first kappa shape index (κ1) is 12.5. The third-order valence-electron chi connectivity index (χ3n) is 4.69. The van der Waals surface area contributed by atoms with E-state index in [0.29, 0.717) is 0 Å². The van der Waals surface area contributed by atoms with Crippen LogP contribution in [0.25, 0.3) is 10.9 Å². The van der Waals surface area contributed by atoms with Gasteiger partial charge in [-0.2, -0.15) is 0 Å². The third kappa shape index (κ3) is 2.49. The van der Waals surface area contributed by atoms with Crippen molar-refractivity contribution < 1.29 is 0 Å². The van der Waals surface area contributed by atoms with Crippen molar-refractivity contribution in [1.29, 1.82) is 0 Å². The van der Waals surface area contributed by atoms with Crippen LogP contribution in [0.3, 0.4) is 0 Å². The van der Waals surface area contributed by atoms with Gasteiger partial charge in [0.15, 0.2) is 0 Å². The van der Waals surface area contributed by atoms with E-state index in [1.165, 1.54) is 36.8 Å². The van der Waals surface area contributed by atoms with E-state index in [0.717, 1.165) is 34.8 Å². The van der Waals surface area contributed by atoms with Gasteiger partial charge < -0.3 is 5.32 Å². The Labute approximate surface area is 124 Å². The van der Waals surface area contributed by atoms with Crippen molar-refractivity contribution in [2.75, 3.05) is 11.9 Å². The van der Waals surface area contributed by atoms with Crippen LogP contribution in [0.5, 0.6) is 0 Å². The Balaban J connectivity index is 1.55. The van der Waals surface area contributed by atoms with Gasteiger partial charge >= 0.3 is 0 Å².